The first kappa shape index (κ1) is 11.0. The van der Waals surface area contributed by atoms with E-state index in [4.69, 9.17) is 17.3 Å². The molecule has 0 radical (unpaired) electrons. The van der Waals surface area contributed by atoms with Crippen molar-refractivity contribution in [3.8, 4) is 0 Å². The molecule has 0 fully saturated rings. The van der Waals surface area contributed by atoms with Gasteiger partial charge in [0.15, 0.2) is 5.82 Å². The van der Waals surface area contributed by atoms with Crippen LogP contribution in [0.1, 0.15) is 20.8 Å². The molecule has 0 aliphatic rings. The van der Waals surface area contributed by atoms with Crippen LogP contribution in [0, 0.1) is 5.41 Å². The maximum Gasteiger partial charge on any atom is 0.155 e. The number of aromatic nitrogens is 1. The minimum atomic E-state index is -0.149. The van der Waals surface area contributed by atoms with Crippen molar-refractivity contribution in [1.29, 1.82) is 0 Å². The Morgan fingerprint density at radius 3 is 2.57 bits per heavy atom. The summed E-state index contributed by atoms with van der Waals surface area (Å²) in [5, 5.41) is 0.424. The van der Waals surface area contributed by atoms with Gasteiger partial charge in [-0.25, -0.2) is 9.98 Å². The van der Waals surface area contributed by atoms with Crippen molar-refractivity contribution in [2.45, 2.75) is 20.8 Å². The van der Waals surface area contributed by atoms with Crippen LogP contribution in [0.2, 0.25) is 5.15 Å². The fourth-order valence-electron chi connectivity index (χ4n) is 0.751. The Morgan fingerprint density at radius 2 is 2.07 bits per heavy atom. The number of nitrogens with two attached hydrogens (primary N) is 1. The highest BCUT2D eigenvalue weighted by Gasteiger charge is 2.15. The summed E-state index contributed by atoms with van der Waals surface area (Å²) >= 11 is 5.72. The van der Waals surface area contributed by atoms with E-state index < -0.39 is 0 Å². The Labute approximate surface area is 89.0 Å². The molecule has 1 aromatic rings. The third kappa shape index (κ3) is 3.00. The molecule has 2 N–H and O–H groups in total. The molecule has 0 bridgehead atoms. The van der Waals surface area contributed by atoms with E-state index in [0.29, 0.717) is 16.8 Å². The topological polar surface area (TPSA) is 51.3 Å². The number of pyridine rings is 1. The van der Waals surface area contributed by atoms with E-state index in [1.54, 1.807) is 18.2 Å². The van der Waals surface area contributed by atoms with Crippen molar-refractivity contribution >= 4 is 23.3 Å². The average Bonchev–Trinajstić information content (AvgIpc) is 2.02. The quantitative estimate of drug-likeness (QED) is 0.441. The van der Waals surface area contributed by atoms with Crippen LogP contribution in [0.3, 0.4) is 0 Å². The molecule has 1 aromatic heterocycles. The largest absolute Gasteiger partial charge is 0.387 e. The van der Waals surface area contributed by atoms with Crippen LogP contribution in [-0.2, 0) is 0 Å². The number of rotatable bonds is 1. The van der Waals surface area contributed by atoms with Gasteiger partial charge in [-0.2, -0.15) is 0 Å². The third-order valence-electron chi connectivity index (χ3n) is 1.70. The first-order valence-corrected chi connectivity index (χ1v) is 4.74. The minimum absolute atomic E-state index is 0.149. The predicted molar refractivity (Wildman–Crippen MR) is 60.0 cm³/mol. The second-order valence-electron chi connectivity index (χ2n) is 4.07. The monoisotopic (exact) mass is 211 g/mol. The van der Waals surface area contributed by atoms with E-state index in [-0.39, 0.29) is 5.41 Å². The zero-order chi connectivity index (χ0) is 10.8. The van der Waals surface area contributed by atoms with Crippen LogP contribution in [-0.4, -0.2) is 10.8 Å². The molecule has 1 heterocycles. The van der Waals surface area contributed by atoms with Crippen LogP contribution < -0.4 is 5.73 Å². The highest BCUT2D eigenvalue weighted by molar-refractivity contribution is 6.29. The van der Waals surface area contributed by atoms with Crippen LogP contribution in [0.25, 0.3) is 0 Å². The predicted octanol–water partition coefficient (Wildman–Crippen LogP) is 2.77. The number of aliphatic imine (C=N–C) groups is 1. The molecule has 0 aliphatic heterocycles. The van der Waals surface area contributed by atoms with E-state index in [1.807, 2.05) is 20.8 Å². The molecular weight excluding hydrogens is 198 g/mol. The third-order valence-corrected chi connectivity index (χ3v) is 1.91. The Morgan fingerprint density at radius 1 is 1.43 bits per heavy atom. The van der Waals surface area contributed by atoms with Gasteiger partial charge in [-0.3, -0.25) is 0 Å². The lowest BCUT2D eigenvalue weighted by atomic mass is 9.95. The number of hydrogen-bond donors (Lipinski definition) is 1. The number of hydrogen-bond acceptors (Lipinski definition) is 2. The molecule has 0 atom stereocenters. The maximum atomic E-state index is 5.80. The lowest BCUT2D eigenvalue weighted by Gasteiger charge is -2.16. The molecule has 0 saturated carbocycles. The van der Waals surface area contributed by atoms with Crippen LogP contribution in [0.4, 0.5) is 5.82 Å². The Bertz CT molecular complexity index is 353. The fraction of sp³-hybridized carbons (Fsp3) is 0.400. The van der Waals surface area contributed by atoms with E-state index in [1.165, 1.54) is 0 Å². The number of halogens is 1. The highest BCUT2D eigenvalue weighted by atomic mass is 35.5. The molecule has 0 amide bonds. The Balaban J connectivity index is 2.98. The molecule has 1 rings (SSSR count). The summed E-state index contributed by atoms with van der Waals surface area (Å²) in [6.45, 7) is 5.99. The summed E-state index contributed by atoms with van der Waals surface area (Å²) in [7, 11) is 0. The summed E-state index contributed by atoms with van der Waals surface area (Å²) in [6.07, 6.45) is 0. The highest BCUT2D eigenvalue weighted by Crippen LogP contribution is 2.18. The second kappa shape index (κ2) is 3.96. The van der Waals surface area contributed by atoms with E-state index in [9.17, 15) is 0 Å². The summed E-state index contributed by atoms with van der Waals surface area (Å²) in [5.74, 6) is 1.09. The van der Waals surface area contributed by atoms with Gasteiger partial charge in [0.1, 0.15) is 11.0 Å². The molecule has 0 unspecified atom stereocenters. The summed E-state index contributed by atoms with van der Waals surface area (Å²) in [4.78, 5) is 8.21. The lowest BCUT2D eigenvalue weighted by molar-refractivity contribution is 0.585. The first-order chi connectivity index (χ1) is 6.39. The average molecular weight is 212 g/mol. The van der Waals surface area contributed by atoms with Crippen molar-refractivity contribution < 1.29 is 0 Å². The zero-order valence-corrected chi connectivity index (χ0v) is 9.34. The van der Waals surface area contributed by atoms with E-state index in [2.05, 4.69) is 9.98 Å². The van der Waals surface area contributed by atoms with Crippen molar-refractivity contribution in [3.63, 3.8) is 0 Å². The molecule has 76 valence electrons. The molecule has 4 heteroatoms. The Kier molecular flexibility index (Phi) is 3.11. The van der Waals surface area contributed by atoms with Gasteiger partial charge in [0.2, 0.25) is 0 Å². The summed E-state index contributed by atoms with van der Waals surface area (Å²) < 4.78 is 0. The van der Waals surface area contributed by atoms with Crippen molar-refractivity contribution in [1.82, 2.24) is 4.98 Å². The normalized spacial score (nSPS) is 13.0. The second-order valence-corrected chi connectivity index (χ2v) is 4.45. The van der Waals surface area contributed by atoms with Crippen molar-refractivity contribution in [3.05, 3.63) is 23.4 Å². The molecule has 0 aliphatic carbocycles. The SMILES string of the molecule is CC(C)(C)C(N)=Nc1cccc(Cl)n1. The molecule has 0 saturated heterocycles. The zero-order valence-electron chi connectivity index (χ0n) is 8.58. The van der Waals surface area contributed by atoms with Gasteiger partial charge in [0, 0.05) is 5.41 Å². The number of nitrogens with zero attached hydrogens (tertiary/aromatic N) is 2. The van der Waals surface area contributed by atoms with E-state index >= 15 is 0 Å². The van der Waals surface area contributed by atoms with E-state index in [0.717, 1.165) is 0 Å². The fourth-order valence-corrected chi connectivity index (χ4v) is 0.910. The van der Waals surface area contributed by atoms with Crippen LogP contribution >= 0.6 is 11.6 Å². The smallest absolute Gasteiger partial charge is 0.155 e. The van der Waals surface area contributed by atoms with Crippen LogP contribution in [0.15, 0.2) is 23.2 Å². The summed E-state index contributed by atoms with van der Waals surface area (Å²) in [5.41, 5.74) is 5.65. The van der Waals surface area contributed by atoms with Crippen molar-refractivity contribution in [2.24, 2.45) is 16.1 Å². The first-order valence-electron chi connectivity index (χ1n) is 4.37. The molecular formula is C10H14ClN3. The van der Waals surface area contributed by atoms with Gasteiger partial charge in [-0.05, 0) is 12.1 Å². The van der Waals surface area contributed by atoms with Gasteiger partial charge in [0.05, 0.1) is 0 Å². The van der Waals surface area contributed by atoms with Gasteiger partial charge in [-0.15, -0.1) is 0 Å². The summed E-state index contributed by atoms with van der Waals surface area (Å²) in [6, 6.07) is 5.27. The standard InChI is InChI=1S/C10H14ClN3/c1-10(2,3)9(12)14-8-6-4-5-7(11)13-8/h4-6H,1-3H3,(H2,12,13,14). The van der Waals surface area contributed by atoms with Gasteiger partial charge >= 0.3 is 0 Å². The van der Waals surface area contributed by atoms with Crippen molar-refractivity contribution in [2.75, 3.05) is 0 Å². The van der Waals surface area contributed by atoms with Gasteiger partial charge in [0.25, 0.3) is 0 Å². The van der Waals surface area contributed by atoms with Gasteiger partial charge < -0.3 is 5.73 Å². The van der Waals surface area contributed by atoms with Crippen LogP contribution in [0.5, 0.6) is 0 Å². The molecule has 14 heavy (non-hydrogen) atoms. The number of amidine groups is 1. The molecule has 0 aromatic carbocycles. The molecule has 0 spiro atoms. The maximum absolute atomic E-state index is 5.80. The molecule has 3 nitrogen and oxygen atoms in total. The minimum Gasteiger partial charge on any atom is -0.387 e. The Hall–Kier alpha value is -1.09. The lowest BCUT2D eigenvalue weighted by Crippen LogP contribution is -2.28. The van der Waals surface area contributed by atoms with Gasteiger partial charge in [-0.1, -0.05) is 38.4 Å².